The van der Waals surface area contributed by atoms with E-state index in [0.717, 1.165) is 73.3 Å². The number of para-hydroxylation sites is 2. The molecule has 2 fully saturated rings. The number of nitrogens with zero attached hydrogens (tertiary/aromatic N) is 1. The molecule has 5 rings (SSSR count). The highest BCUT2D eigenvalue weighted by Gasteiger charge is 2.40. The maximum absolute atomic E-state index is 13.6. The van der Waals surface area contributed by atoms with Gasteiger partial charge in [-0.3, -0.25) is 9.69 Å². The average Bonchev–Trinajstić information content (AvgIpc) is 2.82. The number of hydrogen-bond donors (Lipinski definition) is 1. The summed E-state index contributed by atoms with van der Waals surface area (Å²) in [5.41, 5.74) is 1.87. The molecule has 2 saturated heterocycles. The molecule has 30 heavy (non-hydrogen) atoms. The monoisotopic (exact) mass is 424 g/mol. The molecule has 5 nitrogen and oxygen atoms in total. The second-order valence-electron chi connectivity index (χ2n) is 8.26. The largest absolute Gasteiger partial charge is 0.457 e. The van der Waals surface area contributed by atoms with Gasteiger partial charge in [-0.2, -0.15) is 11.8 Å². The van der Waals surface area contributed by atoms with Crippen molar-refractivity contribution in [1.29, 1.82) is 0 Å². The normalized spacial score (nSPS) is 21.2. The maximum atomic E-state index is 13.6. The van der Waals surface area contributed by atoms with Gasteiger partial charge in [0, 0.05) is 61.0 Å². The summed E-state index contributed by atoms with van der Waals surface area (Å²) >= 11 is 2.02. The number of hydrogen-bond acceptors (Lipinski definition) is 5. The van der Waals surface area contributed by atoms with Crippen LogP contribution in [0.15, 0.2) is 48.5 Å². The second kappa shape index (κ2) is 8.61. The van der Waals surface area contributed by atoms with Crippen LogP contribution in [0.25, 0.3) is 0 Å². The third-order valence-corrected chi connectivity index (χ3v) is 7.58. The highest BCUT2D eigenvalue weighted by Crippen LogP contribution is 2.44. The molecule has 0 saturated carbocycles. The average molecular weight is 425 g/mol. The minimum absolute atomic E-state index is 0.000900. The van der Waals surface area contributed by atoms with E-state index in [1.807, 2.05) is 60.3 Å². The Morgan fingerprint density at radius 3 is 2.23 bits per heavy atom. The van der Waals surface area contributed by atoms with E-state index in [1.54, 1.807) is 0 Å². The molecule has 0 aliphatic carbocycles. The van der Waals surface area contributed by atoms with Gasteiger partial charge in [-0.1, -0.05) is 36.4 Å². The Bertz CT molecular complexity index is 861. The number of ether oxygens (including phenoxy) is 2. The number of carbonyl (C=O) groups is 1. The van der Waals surface area contributed by atoms with Crippen LogP contribution in [0.5, 0.6) is 11.5 Å². The number of amides is 1. The molecule has 6 heteroatoms. The van der Waals surface area contributed by atoms with Gasteiger partial charge in [-0.25, -0.2) is 0 Å². The minimum atomic E-state index is -0.347. The van der Waals surface area contributed by atoms with Crippen molar-refractivity contribution in [2.75, 3.05) is 44.4 Å². The highest BCUT2D eigenvalue weighted by molar-refractivity contribution is 7.99. The predicted octanol–water partition coefficient (Wildman–Crippen LogP) is 3.64. The summed E-state index contributed by atoms with van der Waals surface area (Å²) in [6.07, 6.45) is 1.94. The quantitative estimate of drug-likeness (QED) is 0.812. The van der Waals surface area contributed by atoms with E-state index in [9.17, 15) is 4.79 Å². The van der Waals surface area contributed by atoms with Crippen molar-refractivity contribution in [3.63, 3.8) is 0 Å². The standard InChI is InChI=1S/C24H28N2O3S/c27-23(25-17-24(9-13-28-14-10-24)26-11-15-30-16-12-26)22-18-5-1-3-7-20(18)29-21-8-4-2-6-19(21)22/h1-8,22H,9-17H2,(H,25,27). The Morgan fingerprint density at radius 2 is 1.60 bits per heavy atom. The molecule has 2 aromatic rings. The molecule has 3 aliphatic rings. The van der Waals surface area contributed by atoms with Crippen molar-refractivity contribution < 1.29 is 14.3 Å². The number of thioether (sulfide) groups is 1. The molecule has 1 amide bonds. The fourth-order valence-electron chi connectivity index (χ4n) is 4.94. The van der Waals surface area contributed by atoms with E-state index in [-0.39, 0.29) is 17.4 Å². The van der Waals surface area contributed by atoms with E-state index >= 15 is 0 Å². The number of carbonyl (C=O) groups excluding carboxylic acids is 1. The van der Waals surface area contributed by atoms with Crippen molar-refractivity contribution in [3.05, 3.63) is 59.7 Å². The van der Waals surface area contributed by atoms with E-state index in [4.69, 9.17) is 9.47 Å². The van der Waals surface area contributed by atoms with Gasteiger partial charge in [-0.05, 0) is 25.0 Å². The van der Waals surface area contributed by atoms with Gasteiger partial charge in [0.1, 0.15) is 11.5 Å². The Hall–Kier alpha value is -2.02. The molecule has 0 unspecified atom stereocenters. The Balaban J connectivity index is 1.40. The number of nitrogens with one attached hydrogen (secondary N) is 1. The molecule has 3 aliphatic heterocycles. The van der Waals surface area contributed by atoms with E-state index in [2.05, 4.69) is 10.2 Å². The first-order valence-electron chi connectivity index (χ1n) is 10.8. The molecule has 0 bridgehead atoms. The molecule has 0 spiro atoms. The second-order valence-corrected chi connectivity index (χ2v) is 9.49. The Kier molecular flexibility index (Phi) is 5.72. The van der Waals surface area contributed by atoms with E-state index < -0.39 is 0 Å². The smallest absolute Gasteiger partial charge is 0.232 e. The van der Waals surface area contributed by atoms with Gasteiger partial charge < -0.3 is 14.8 Å². The minimum Gasteiger partial charge on any atom is -0.457 e. The molecule has 0 radical (unpaired) electrons. The number of benzene rings is 2. The summed E-state index contributed by atoms with van der Waals surface area (Å²) in [5.74, 6) is 3.57. The van der Waals surface area contributed by atoms with Crippen LogP contribution in [0.2, 0.25) is 0 Å². The lowest BCUT2D eigenvalue weighted by atomic mass is 9.85. The zero-order chi connectivity index (χ0) is 20.4. The Labute approximate surface area is 182 Å². The third-order valence-electron chi connectivity index (χ3n) is 6.64. The molecule has 3 heterocycles. The SMILES string of the molecule is O=C(NCC1(N2CCSCC2)CCOCC1)C1c2ccccc2Oc2ccccc21. The lowest BCUT2D eigenvalue weighted by Crippen LogP contribution is -2.60. The summed E-state index contributed by atoms with van der Waals surface area (Å²) in [4.78, 5) is 16.2. The lowest BCUT2D eigenvalue weighted by Gasteiger charge is -2.48. The molecule has 1 N–H and O–H groups in total. The molecule has 2 aromatic carbocycles. The van der Waals surface area contributed by atoms with Crippen LogP contribution in [0.3, 0.4) is 0 Å². The summed E-state index contributed by atoms with van der Waals surface area (Å²) in [6, 6.07) is 15.7. The number of rotatable bonds is 4. The zero-order valence-electron chi connectivity index (χ0n) is 17.1. The van der Waals surface area contributed by atoms with Crippen LogP contribution in [-0.2, 0) is 9.53 Å². The van der Waals surface area contributed by atoms with E-state index in [1.165, 1.54) is 0 Å². The van der Waals surface area contributed by atoms with Gasteiger partial charge in [0.2, 0.25) is 5.91 Å². The van der Waals surface area contributed by atoms with Crippen LogP contribution in [0.4, 0.5) is 0 Å². The fraction of sp³-hybridized carbons (Fsp3) is 0.458. The first-order valence-corrected chi connectivity index (χ1v) is 12.0. The molecule has 0 aromatic heterocycles. The Morgan fingerprint density at radius 1 is 1.00 bits per heavy atom. The molecule has 0 atom stereocenters. The fourth-order valence-corrected chi connectivity index (χ4v) is 5.84. The summed E-state index contributed by atoms with van der Waals surface area (Å²) < 4.78 is 11.7. The molecule has 158 valence electrons. The summed E-state index contributed by atoms with van der Waals surface area (Å²) in [6.45, 7) is 4.37. The van der Waals surface area contributed by atoms with Crippen LogP contribution in [0.1, 0.15) is 29.9 Å². The van der Waals surface area contributed by atoms with Crippen molar-refractivity contribution in [1.82, 2.24) is 10.2 Å². The van der Waals surface area contributed by atoms with Crippen LogP contribution in [-0.4, -0.2) is 60.7 Å². The molecular weight excluding hydrogens is 396 g/mol. The first kappa shape index (κ1) is 19.9. The third kappa shape index (κ3) is 3.72. The summed E-state index contributed by atoms with van der Waals surface area (Å²) in [5, 5.41) is 3.34. The number of fused-ring (bicyclic) bond motifs is 2. The predicted molar refractivity (Wildman–Crippen MR) is 119 cm³/mol. The lowest BCUT2D eigenvalue weighted by molar-refractivity contribution is -0.123. The molecular formula is C24H28N2O3S. The van der Waals surface area contributed by atoms with Gasteiger partial charge >= 0.3 is 0 Å². The van der Waals surface area contributed by atoms with Crippen LogP contribution < -0.4 is 10.1 Å². The zero-order valence-corrected chi connectivity index (χ0v) is 18.0. The van der Waals surface area contributed by atoms with Gasteiger partial charge in [-0.15, -0.1) is 0 Å². The first-order chi connectivity index (χ1) is 14.8. The highest BCUT2D eigenvalue weighted by atomic mass is 32.2. The van der Waals surface area contributed by atoms with E-state index in [0.29, 0.717) is 6.54 Å². The van der Waals surface area contributed by atoms with Gasteiger partial charge in [0.25, 0.3) is 0 Å². The van der Waals surface area contributed by atoms with Gasteiger partial charge in [0.05, 0.1) is 5.92 Å². The van der Waals surface area contributed by atoms with Gasteiger partial charge in [0.15, 0.2) is 0 Å². The van der Waals surface area contributed by atoms with Crippen molar-refractivity contribution >= 4 is 17.7 Å². The summed E-state index contributed by atoms with van der Waals surface area (Å²) in [7, 11) is 0. The van der Waals surface area contributed by atoms with Crippen LogP contribution >= 0.6 is 11.8 Å². The topological polar surface area (TPSA) is 50.8 Å². The van der Waals surface area contributed by atoms with Crippen molar-refractivity contribution in [2.24, 2.45) is 0 Å². The van der Waals surface area contributed by atoms with Crippen molar-refractivity contribution in [3.8, 4) is 11.5 Å². The van der Waals surface area contributed by atoms with Crippen molar-refractivity contribution in [2.45, 2.75) is 24.3 Å². The maximum Gasteiger partial charge on any atom is 0.232 e. The van der Waals surface area contributed by atoms with Crippen LogP contribution in [0, 0.1) is 0 Å².